The Labute approximate surface area is 144 Å². The van der Waals surface area contributed by atoms with E-state index in [1.54, 1.807) is 0 Å². The van der Waals surface area contributed by atoms with E-state index >= 15 is 0 Å². The maximum absolute atomic E-state index is 3.64. The Morgan fingerprint density at radius 3 is 1.16 bits per heavy atom. The SMILES string of the molecule is [C-]1=CC=CC1.[CH2-]C(C)C.[CH2-]C(C)C.[CH2-]C(C)C.[CH3-].[Zr]. The van der Waals surface area contributed by atoms with Gasteiger partial charge in [0, 0.05) is 26.2 Å². The molecule has 1 aliphatic carbocycles. The summed E-state index contributed by atoms with van der Waals surface area (Å²) in [4.78, 5) is 0. The van der Waals surface area contributed by atoms with E-state index in [4.69, 9.17) is 0 Å². The Bertz CT molecular complexity index is 132. The molecule has 0 atom stereocenters. The Hall–Kier alpha value is 0.363. The molecule has 0 aromatic rings. The van der Waals surface area contributed by atoms with E-state index in [0.29, 0.717) is 17.8 Å². The second-order valence-electron chi connectivity index (χ2n) is 5.18. The summed E-state index contributed by atoms with van der Waals surface area (Å²) in [7, 11) is 0. The third-order valence-electron chi connectivity index (χ3n) is 0.586. The number of allylic oxidation sites excluding steroid dienone is 4. The van der Waals surface area contributed by atoms with Crippen LogP contribution in [0.1, 0.15) is 48.0 Å². The van der Waals surface area contributed by atoms with Crippen molar-refractivity contribution in [3.63, 3.8) is 0 Å². The molecule has 1 heteroatoms. The maximum Gasteiger partial charge on any atom is 0 e. The average Bonchev–Trinajstić information content (AvgIpc) is 2.53. The molecule has 0 amide bonds. The van der Waals surface area contributed by atoms with Crippen LogP contribution in [0.4, 0.5) is 0 Å². The Kier molecular flexibility index (Phi) is 44.7. The summed E-state index contributed by atoms with van der Waals surface area (Å²) in [5.41, 5.74) is 0. The fraction of sp³-hybridized carbons (Fsp3) is 0.556. The molecule has 0 aromatic carbocycles. The van der Waals surface area contributed by atoms with E-state index in [0.717, 1.165) is 6.42 Å². The molecule has 0 aliphatic heterocycles. The van der Waals surface area contributed by atoms with Gasteiger partial charge in [0.05, 0.1) is 0 Å². The van der Waals surface area contributed by atoms with Gasteiger partial charge in [0.1, 0.15) is 0 Å². The van der Waals surface area contributed by atoms with Gasteiger partial charge in [-0.25, -0.2) is 12.2 Å². The van der Waals surface area contributed by atoms with Gasteiger partial charge in [0.25, 0.3) is 0 Å². The third-order valence-corrected chi connectivity index (χ3v) is 0.586. The van der Waals surface area contributed by atoms with Crippen molar-refractivity contribution in [3.05, 3.63) is 52.5 Å². The van der Waals surface area contributed by atoms with Crippen LogP contribution < -0.4 is 0 Å². The first-order valence-corrected chi connectivity index (χ1v) is 6.41. The number of rotatable bonds is 0. The fourth-order valence-corrected chi connectivity index (χ4v) is 0.340. The van der Waals surface area contributed by atoms with E-state index in [2.05, 4.69) is 74.5 Å². The predicted octanol–water partition coefficient (Wildman–Crippen LogP) is 6.18. The standard InChI is InChI=1S/C5H5.3C4H9.CH3.Zr/c1-2-4-5-3-1;3*1-4(2)3;;/h1-3H,4H2;3*4H,1H2,2-3H3;1H3;/q5*-1;. The van der Waals surface area contributed by atoms with Crippen LogP contribution in [-0.2, 0) is 26.2 Å². The van der Waals surface area contributed by atoms with Crippen molar-refractivity contribution in [2.45, 2.75) is 48.0 Å². The molecule has 1 rings (SSSR count). The molecule has 0 saturated carbocycles. The molecule has 0 radical (unpaired) electrons. The van der Waals surface area contributed by atoms with Crippen molar-refractivity contribution in [2.24, 2.45) is 17.8 Å². The quantitative estimate of drug-likeness (QED) is 0.461. The summed E-state index contributed by atoms with van der Waals surface area (Å²) in [5, 5.41) is 0. The van der Waals surface area contributed by atoms with Gasteiger partial charge < -0.3 is 28.2 Å². The molecule has 0 nitrogen and oxygen atoms in total. The molecule has 0 spiro atoms. The van der Waals surface area contributed by atoms with Crippen LogP contribution in [0.2, 0.25) is 0 Å². The second-order valence-corrected chi connectivity index (χ2v) is 5.18. The molecule has 0 unspecified atom stereocenters. The van der Waals surface area contributed by atoms with Gasteiger partial charge in [-0.05, 0) is 0 Å². The summed E-state index contributed by atoms with van der Waals surface area (Å²) in [6, 6.07) is 0. The molecule has 0 bridgehead atoms. The van der Waals surface area contributed by atoms with E-state index < -0.39 is 0 Å². The van der Waals surface area contributed by atoms with Gasteiger partial charge in [0.2, 0.25) is 0 Å². The molecule has 0 heterocycles. The van der Waals surface area contributed by atoms with Gasteiger partial charge in [-0.2, -0.15) is 23.8 Å². The first-order chi connectivity index (χ1) is 7.70. The number of hydrogen-bond donors (Lipinski definition) is 0. The monoisotopic (exact) mass is 341 g/mol. The molecular weight excluding hydrogens is 307 g/mol. The molecule has 0 fully saturated rings. The second kappa shape index (κ2) is 26.8. The van der Waals surface area contributed by atoms with Gasteiger partial charge in [-0.1, -0.05) is 41.5 Å². The van der Waals surface area contributed by atoms with E-state index in [9.17, 15) is 0 Å². The summed E-state index contributed by atoms with van der Waals surface area (Å²) in [5.74, 6) is 1.75. The maximum atomic E-state index is 3.64. The van der Waals surface area contributed by atoms with Crippen LogP contribution >= 0.6 is 0 Å². The van der Waals surface area contributed by atoms with Crippen LogP contribution in [0.3, 0.4) is 0 Å². The smallest absolute Gasteiger partial charge is 0 e. The first kappa shape index (κ1) is 31.6. The topological polar surface area (TPSA) is 0 Å². The minimum absolute atomic E-state index is 0. The van der Waals surface area contributed by atoms with Crippen LogP contribution in [0, 0.1) is 52.0 Å². The van der Waals surface area contributed by atoms with Crippen molar-refractivity contribution in [1.82, 2.24) is 0 Å². The number of hydrogen-bond acceptors (Lipinski definition) is 0. The van der Waals surface area contributed by atoms with E-state index in [1.165, 1.54) is 0 Å². The molecule has 1 aliphatic rings. The average molecular weight is 343 g/mol. The molecule has 0 aromatic heterocycles. The zero-order valence-corrected chi connectivity index (χ0v) is 16.8. The Morgan fingerprint density at radius 1 is 0.842 bits per heavy atom. The fourth-order valence-electron chi connectivity index (χ4n) is 0.340. The van der Waals surface area contributed by atoms with Gasteiger partial charge in [0.15, 0.2) is 0 Å². The van der Waals surface area contributed by atoms with Crippen molar-refractivity contribution >= 4 is 0 Å². The van der Waals surface area contributed by atoms with Crippen molar-refractivity contribution in [1.29, 1.82) is 0 Å². The van der Waals surface area contributed by atoms with Gasteiger partial charge in [-0.3, -0.25) is 6.08 Å². The van der Waals surface area contributed by atoms with Crippen molar-refractivity contribution in [3.8, 4) is 0 Å². The van der Waals surface area contributed by atoms with Crippen molar-refractivity contribution in [2.75, 3.05) is 0 Å². The summed E-state index contributed by atoms with van der Waals surface area (Å²) in [6.45, 7) is 23.2. The summed E-state index contributed by atoms with van der Waals surface area (Å²) in [6.07, 6.45) is 10.0. The molecule has 19 heavy (non-hydrogen) atoms. The summed E-state index contributed by atoms with van der Waals surface area (Å²) < 4.78 is 0. The Morgan fingerprint density at radius 2 is 1.11 bits per heavy atom. The predicted molar refractivity (Wildman–Crippen MR) is 88.6 cm³/mol. The zero-order valence-electron chi connectivity index (χ0n) is 14.3. The van der Waals surface area contributed by atoms with Crippen LogP contribution in [0.25, 0.3) is 0 Å². The van der Waals surface area contributed by atoms with Crippen LogP contribution in [0.15, 0.2) is 18.2 Å². The molecule has 0 saturated heterocycles. The normalized spacial score (nSPS) is 10.3. The van der Waals surface area contributed by atoms with Gasteiger partial charge >= 0.3 is 0 Å². The van der Waals surface area contributed by atoms with E-state index in [-0.39, 0.29) is 33.6 Å². The van der Waals surface area contributed by atoms with Crippen molar-refractivity contribution < 1.29 is 26.2 Å². The zero-order chi connectivity index (χ0) is 14.3. The molecule has 116 valence electrons. The first-order valence-electron chi connectivity index (χ1n) is 6.41. The summed E-state index contributed by atoms with van der Waals surface area (Å²) >= 11 is 0. The van der Waals surface area contributed by atoms with Crippen LogP contribution in [0.5, 0.6) is 0 Å². The Balaban J connectivity index is -0.0000000447. The third kappa shape index (κ3) is 171. The minimum Gasteiger partial charge on any atom is -0.358 e. The van der Waals surface area contributed by atoms with Crippen LogP contribution in [-0.4, -0.2) is 0 Å². The molecular formula is C18H35Zr-5. The van der Waals surface area contributed by atoms with E-state index in [1.807, 2.05) is 12.2 Å². The minimum atomic E-state index is 0. The largest absolute Gasteiger partial charge is 0.358 e. The molecule has 0 N–H and O–H groups in total. The van der Waals surface area contributed by atoms with Gasteiger partial charge in [-0.15, -0.1) is 6.42 Å².